The Balaban J connectivity index is 2.28. The zero-order valence-electron chi connectivity index (χ0n) is 10.1. The van der Waals surface area contributed by atoms with E-state index in [-0.39, 0.29) is 6.02 Å². The number of ether oxygens (including phenoxy) is 1. The van der Waals surface area contributed by atoms with Gasteiger partial charge in [-0.3, -0.25) is 4.79 Å². The Bertz CT molecular complexity index is 652. The zero-order valence-corrected chi connectivity index (χ0v) is 10.1. The van der Waals surface area contributed by atoms with E-state index >= 15 is 0 Å². The van der Waals surface area contributed by atoms with Gasteiger partial charge in [0, 0.05) is 11.1 Å². The summed E-state index contributed by atoms with van der Waals surface area (Å²) in [4.78, 5) is 15.9. The third kappa shape index (κ3) is 1.69. The summed E-state index contributed by atoms with van der Waals surface area (Å²) >= 11 is 0. The van der Waals surface area contributed by atoms with Crippen LogP contribution in [0, 0.1) is 0 Å². The average molecular weight is 252 g/mol. The summed E-state index contributed by atoms with van der Waals surface area (Å²) < 4.78 is 5.60. The molecule has 3 rings (SSSR count). The Kier molecular flexibility index (Phi) is 2.56. The summed E-state index contributed by atoms with van der Waals surface area (Å²) in [6.45, 7) is 0. The fraction of sp³-hybridized carbons (Fsp3) is 0.0667. The van der Waals surface area contributed by atoms with Gasteiger partial charge < -0.3 is 10.5 Å². The van der Waals surface area contributed by atoms with Gasteiger partial charge in [0.05, 0.1) is 5.69 Å². The highest BCUT2D eigenvalue weighted by atomic mass is 16.5. The number of carbonyl (C=O) groups excluding carboxylic acids is 1. The van der Waals surface area contributed by atoms with Crippen molar-refractivity contribution in [3.63, 3.8) is 0 Å². The van der Waals surface area contributed by atoms with Crippen molar-refractivity contribution in [2.75, 3.05) is 0 Å². The van der Waals surface area contributed by atoms with Crippen LogP contribution in [0.5, 0.6) is 0 Å². The molecule has 4 heteroatoms. The van der Waals surface area contributed by atoms with Crippen LogP contribution in [0.25, 0.3) is 0 Å². The average Bonchev–Trinajstić information content (AvgIpc) is 2.47. The van der Waals surface area contributed by atoms with E-state index in [0.29, 0.717) is 11.3 Å². The van der Waals surface area contributed by atoms with E-state index in [1.807, 2.05) is 54.6 Å². The SMILES string of the molecule is NC1=Nc2ccccc2C(C=O)(c2ccccc2)O1. The zero-order chi connectivity index (χ0) is 13.3. The number of fused-ring (bicyclic) bond motifs is 1. The molecule has 19 heavy (non-hydrogen) atoms. The number of nitrogens with two attached hydrogens (primary N) is 1. The van der Waals surface area contributed by atoms with Gasteiger partial charge in [-0.1, -0.05) is 48.5 Å². The molecular weight excluding hydrogens is 240 g/mol. The first-order valence-corrected chi connectivity index (χ1v) is 5.91. The lowest BCUT2D eigenvalue weighted by Gasteiger charge is -2.33. The Hall–Kier alpha value is -2.62. The van der Waals surface area contributed by atoms with E-state index in [1.54, 1.807) is 0 Å². The fourth-order valence-electron chi connectivity index (χ4n) is 2.30. The lowest BCUT2D eigenvalue weighted by Crippen LogP contribution is -2.40. The minimum absolute atomic E-state index is 0.00495. The van der Waals surface area contributed by atoms with Gasteiger partial charge in [0.1, 0.15) is 0 Å². The highest BCUT2D eigenvalue weighted by Crippen LogP contribution is 2.40. The number of carbonyl (C=O) groups is 1. The molecule has 0 saturated carbocycles. The molecule has 0 spiro atoms. The van der Waals surface area contributed by atoms with Crippen molar-refractivity contribution in [2.45, 2.75) is 5.60 Å². The van der Waals surface area contributed by atoms with Gasteiger partial charge in [-0.2, -0.15) is 4.99 Å². The number of hydrogen-bond acceptors (Lipinski definition) is 4. The molecule has 94 valence electrons. The summed E-state index contributed by atoms with van der Waals surface area (Å²) in [7, 11) is 0. The molecule has 0 aromatic heterocycles. The van der Waals surface area contributed by atoms with E-state index < -0.39 is 5.60 Å². The normalized spacial score (nSPS) is 20.9. The van der Waals surface area contributed by atoms with Crippen LogP contribution in [0.4, 0.5) is 5.69 Å². The van der Waals surface area contributed by atoms with Gasteiger partial charge in [-0.25, -0.2) is 0 Å². The van der Waals surface area contributed by atoms with Gasteiger partial charge in [0.15, 0.2) is 6.29 Å². The molecule has 1 heterocycles. The summed E-state index contributed by atoms with van der Waals surface area (Å²) in [6, 6.07) is 16.6. The maximum Gasteiger partial charge on any atom is 0.288 e. The predicted molar refractivity (Wildman–Crippen MR) is 72.1 cm³/mol. The predicted octanol–water partition coefficient (Wildman–Crippen LogP) is 2.11. The number of para-hydroxylation sites is 1. The third-order valence-electron chi connectivity index (χ3n) is 3.17. The van der Waals surface area contributed by atoms with Crippen LogP contribution in [0.2, 0.25) is 0 Å². The van der Waals surface area contributed by atoms with Crippen molar-refractivity contribution in [3.05, 3.63) is 65.7 Å². The largest absolute Gasteiger partial charge is 0.441 e. The molecule has 1 unspecified atom stereocenters. The van der Waals surface area contributed by atoms with Crippen LogP contribution in [0.3, 0.4) is 0 Å². The van der Waals surface area contributed by atoms with Gasteiger partial charge in [0.25, 0.3) is 6.02 Å². The molecule has 0 fully saturated rings. The van der Waals surface area contributed by atoms with Crippen LogP contribution in [0.15, 0.2) is 59.6 Å². The molecule has 2 aromatic carbocycles. The van der Waals surface area contributed by atoms with E-state index in [9.17, 15) is 4.79 Å². The van der Waals surface area contributed by atoms with Crippen molar-refractivity contribution in [2.24, 2.45) is 10.7 Å². The summed E-state index contributed by atoms with van der Waals surface area (Å²) in [5.41, 5.74) is 6.57. The van der Waals surface area contributed by atoms with Crippen molar-refractivity contribution >= 4 is 18.0 Å². The lowest BCUT2D eigenvalue weighted by atomic mass is 9.86. The molecule has 2 aromatic rings. The number of amidine groups is 1. The molecule has 0 saturated heterocycles. The molecule has 1 atom stereocenters. The molecular formula is C15H12N2O2. The minimum Gasteiger partial charge on any atom is -0.441 e. The van der Waals surface area contributed by atoms with Crippen LogP contribution in [0.1, 0.15) is 11.1 Å². The van der Waals surface area contributed by atoms with E-state index in [2.05, 4.69) is 4.99 Å². The topological polar surface area (TPSA) is 64.7 Å². The fourth-order valence-corrected chi connectivity index (χ4v) is 2.30. The minimum atomic E-state index is -1.22. The highest BCUT2D eigenvalue weighted by molar-refractivity contribution is 5.87. The Morgan fingerprint density at radius 2 is 1.74 bits per heavy atom. The van der Waals surface area contributed by atoms with Gasteiger partial charge in [-0.15, -0.1) is 0 Å². The number of benzene rings is 2. The standard InChI is InChI=1S/C15H12N2O2/c16-14-17-13-9-5-4-8-12(13)15(10-18,19-14)11-6-2-1-3-7-11/h1-10H,(H2,16,17). The lowest BCUT2D eigenvalue weighted by molar-refractivity contribution is -0.120. The third-order valence-corrected chi connectivity index (χ3v) is 3.17. The van der Waals surface area contributed by atoms with Crippen molar-refractivity contribution in [1.29, 1.82) is 0 Å². The van der Waals surface area contributed by atoms with Crippen molar-refractivity contribution in [1.82, 2.24) is 0 Å². The molecule has 1 aliphatic heterocycles. The maximum atomic E-state index is 11.8. The van der Waals surface area contributed by atoms with E-state index in [4.69, 9.17) is 10.5 Å². The molecule has 2 N–H and O–H groups in total. The Morgan fingerprint density at radius 3 is 2.47 bits per heavy atom. The Labute approximate surface area is 110 Å². The quantitative estimate of drug-likeness (QED) is 0.832. The van der Waals surface area contributed by atoms with Crippen molar-refractivity contribution < 1.29 is 9.53 Å². The van der Waals surface area contributed by atoms with Gasteiger partial charge in [-0.05, 0) is 6.07 Å². The summed E-state index contributed by atoms with van der Waals surface area (Å²) in [6.07, 6.45) is 0.767. The van der Waals surface area contributed by atoms with E-state index in [0.717, 1.165) is 11.8 Å². The second-order valence-electron chi connectivity index (χ2n) is 4.29. The van der Waals surface area contributed by atoms with Crippen LogP contribution >= 0.6 is 0 Å². The number of rotatable bonds is 2. The van der Waals surface area contributed by atoms with Crippen molar-refractivity contribution in [3.8, 4) is 0 Å². The molecule has 4 nitrogen and oxygen atoms in total. The second-order valence-corrected chi connectivity index (χ2v) is 4.29. The monoisotopic (exact) mass is 252 g/mol. The van der Waals surface area contributed by atoms with Crippen LogP contribution < -0.4 is 5.73 Å². The van der Waals surface area contributed by atoms with E-state index in [1.165, 1.54) is 0 Å². The molecule has 0 bridgehead atoms. The number of aldehydes is 1. The first kappa shape index (κ1) is 11.5. The van der Waals surface area contributed by atoms with Gasteiger partial charge in [0.2, 0.25) is 5.60 Å². The smallest absolute Gasteiger partial charge is 0.288 e. The molecule has 0 radical (unpaired) electrons. The first-order valence-electron chi connectivity index (χ1n) is 5.91. The van der Waals surface area contributed by atoms with Gasteiger partial charge >= 0.3 is 0 Å². The Morgan fingerprint density at radius 1 is 1.05 bits per heavy atom. The number of nitrogens with zero attached hydrogens (tertiary/aromatic N) is 1. The summed E-state index contributed by atoms with van der Waals surface area (Å²) in [5, 5.41) is 0. The second kappa shape index (κ2) is 4.24. The molecule has 0 aliphatic carbocycles. The molecule has 0 amide bonds. The van der Waals surface area contributed by atoms with Crippen LogP contribution in [-0.2, 0) is 15.1 Å². The summed E-state index contributed by atoms with van der Waals surface area (Å²) in [5.74, 6) is 0. The number of aliphatic imine (C=N–C) groups is 1. The number of hydrogen-bond donors (Lipinski definition) is 1. The maximum absolute atomic E-state index is 11.8. The first-order chi connectivity index (χ1) is 9.26. The van der Waals surface area contributed by atoms with Crippen LogP contribution in [-0.4, -0.2) is 12.3 Å². The molecule has 1 aliphatic rings. The highest BCUT2D eigenvalue weighted by Gasteiger charge is 2.41.